The molecule has 0 radical (unpaired) electrons. The Morgan fingerprint density at radius 2 is 2.22 bits per heavy atom. The number of aryl methyl sites for hydroxylation is 1. The van der Waals surface area contributed by atoms with Gasteiger partial charge in [0.15, 0.2) is 0 Å². The van der Waals surface area contributed by atoms with Crippen molar-refractivity contribution in [3.8, 4) is 5.88 Å². The molecule has 96 valence electrons. The van der Waals surface area contributed by atoms with Crippen molar-refractivity contribution in [2.24, 2.45) is 0 Å². The summed E-state index contributed by atoms with van der Waals surface area (Å²) in [6, 6.07) is 7.83. The summed E-state index contributed by atoms with van der Waals surface area (Å²) >= 11 is 0. The van der Waals surface area contributed by atoms with E-state index in [0.29, 0.717) is 12.5 Å². The van der Waals surface area contributed by atoms with Crippen LogP contribution < -0.4 is 10.1 Å². The van der Waals surface area contributed by atoms with E-state index < -0.39 is 0 Å². The Hall–Kier alpha value is -1.97. The van der Waals surface area contributed by atoms with Crippen molar-refractivity contribution >= 4 is 5.69 Å². The highest BCUT2D eigenvalue weighted by molar-refractivity contribution is 5.53. The Labute approximate surface area is 107 Å². The molecule has 0 saturated heterocycles. The second kappa shape index (κ2) is 5.58. The van der Waals surface area contributed by atoms with Gasteiger partial charge < -0.3 is 14.5 Å². The van der Waals surface area contributed by atoms with Crippen LogP contribution in [0.2, 0.25) is 0 Å². The summed E-state index contributed by atoms with van der Waals surface area (Å²) in [7, 11) is 0. The highest BCUT2D eigenvalue weighted by Gasteiger charge is 2.12. The van der Waals surface area contributed by atoms with Crippen molar-refractivity contribution in [2.75, 3.05) is 11.9 Å². The molecule has 2 aromatic rings. The van der Waals surface area contributed by atoms with Crippen molar-refractivity contribution in [3.05, 3.63) is 42.0 Å². The van der Waals surface area contributed by atoms with Gasteiger partial charge in [-0.25, -0.2) is 4.98 Å². The summed E-state index contributed by atoms with van der Waals surface area (Å²) in [4.78, 5) is 4.21. The summed E-state index contributed by atoms with van der Waals surface area (Å²) < 4.78 is 11.1. The van der Waals surface area contributed by atoms with Crippen molar-refractivity contribution in [1.82, 2.24) is 4.98 Å². The average molecular weight is 246 g/mol. The first-order valence-corrected chi connectivity index (χ1v) is 6.11. The monoisotopic (exact) mass is 246 g/mol. The minimum atomic E-state index is 0.0714. The van der Waals surface area contributed by atoms with Crippen molar-refractivity contribution in [1.29, 1.82) is 0 Å². The SMILES string of the molecule is CCOc1ncccc1NC(C)c1ccc(C)o1. The number of aromatic nitrogens is 1. The van der Waals surface area contributed by atoms with Gasteiger partial charge >= 0.3 is 0 Å². The van der Waals surface area contributed by atoms with E-state index in [1.54, 1.807) is 6.20 Å². The van der Waals surface area contributed by atoms with E-state index in [0.717, 1.165) is 17.2 Å². The zero-order valence-electron chi connectivity index (χ0n) is 10.9. The quantitative estimate of drug-likeness (QED) is 0.876. The molecule has 0 aliphatic carbocycles. The van der Waals surface area contributed by atoms with Crippen LogP contribution in [0.25, 0.3) is 0 Å². The molecule has 0 aromatic carbocycles. The highest BCUT2D eigenvalue weighted by atomic mass is 16.5. The van der Waals surface area contributed by atoms with Gasteiger partial charge in [-0.2, -0.15) is 0 Å². The molecule has 0 fully saturated rings. The number of furan rings is 1. The third kappa shape index (κ3) is 2.83. The first-order valence-electron chi connectivity index (χ1n) is 6.11. The lowest BCUT2D eigenvalue weighted by atomic mass is 10.2. The normalized spacial score (nSPS) is 12.2. The third-order valence-electron chi connectivity index (χ3n) is 2.61. The lowest BCUT2D eigenvalue weighted by Crippen LogP contribution is -2.08. The minimum absolute atomic E-state index is 0.0714. The summed E-state index contributed by atoms with van der Waals surface area (Å²) in [6.45, 7) is 6.52. The molecule has 1 N–H and O–H groups in total. The van der Waals surface area contributed by atoms with Crippen LogP contribution in [0.4, 0.5) is 5.69 Å². The number of nitrogens with zero attached hydrogens (tertiary/aromatic N) is 1. The smallest absolute Gasteiger partial charge is 0.237 e. The maximum Gasteiger partial charge on any atom is 0.237 e. The first-order chi connectivity index (χ1) is 8.70. The molecule has 0 aliphatic heterocycles. The fourth-order valence-corrected chi connectivity index (χ4v) is 1.74. The fraction of sp³-hybridized carbons (Fsp3) is 0.357. The Balaban J connectivity index is 2.13. The van der Waals surface area contributed by atoms with E-state index in [2.05, 4.69) is 10.3 Å². The lowest BCUT2D eigenvalue weighted by Gasteiger charge is -2.15. The molecule has 1 unspecified atom stereocenters. The van der Waals surface area contributed by atoms with Gasteiger partial charge in [0, 0.05) is 6.20 Å². The molecular formula is C14H18N2O2. The van der Waals surface area contributed by atoms with Crippen LogP contribution in [0.15, 0.2) is 34.9 Å². The Morgan fingerprint density at radius 3 is 2.89 bits per heavy atom. The van der Waals surface area contributed by atoms with Crippen LogP contribution in [0.3, 0.4) is 0 Å². The highest BCUT2D eigenvalue weighted by Crippen LogP contribution is 2.26. The van der Waals surface area contributed by atoms with E-state index in [1.807, 2.05) is 45.0 Å². The second-order valence-electron chi connectivity index (χ2n) is 4.10. The zero-order valence-corrected chi connectivity index (χ0v) is 10.9. The number of ether oxygens (including phenoxy) is 1. The minimum Gasteiger partial charge on any atom is -0.476 e. The summed E-state index contributed by atoms with van der Waals surface area (Å²) in [6.07, 6.45) is 1.72. The zero-order chi connectivity index (χ0) is 13.0. The van der Waals surface area contributed by atoms with Gasteiger partial charge in [0.05, 0.1) is 18.3 Å². The Bertz CT molecular complexity index is 508. The molecule has 0 saturated carbocycles. The van der Waals surface area contributed by atoms with E-state index in [9.17, 15) is 0 Å². The van der Waals surface area contributed by atoms with Crippen LogP contribution in [0.1, 0.15) is 31.4 Å². The predicted molar refractivity (Wildman–Crippen MR) is 70.9 cm³/mol. The number of hydrogen-bond acceptors (Lipinski definition) is 4. The number of rotatable bonds is 5. The van der Waals surface area contributed by atoms with Crippen molar-refractivity contribution in [2.45, 2.75) is 26.8 Å². The Kier molecular flexibility index (Phi) is 3.87. The van der Waals surface area contributed by atoms with Gasteiger partial charge in [0.2, 0.25) is 5.88 Å². The van der Waals surface area contributed by atoms with Crippen molar-refractivity contribution in [3.63, 3.8) is 0 Å². The molecule has 0 spiro atoms. The van der Waals surface area contributed by atoms with Crippen molar-refractivity contribution < 1.29 is 9.15 Å². The Morgan fingerprint density at radius 1 is 1.39 bits per heavy atom. The third-order valence-corrected chi connectivity index (χ3v) is 2.61. The van der Waals surface area contributed by atoms with E-state index in [1.165, 1.54) is 0 Å². The molecule has 4 nitrogen and oxygen atoms in total. The maximum atomic E-state index is 5.59. The number of hydrogen-bond donors (Lipinski definition) is 1. The van der Waals surface area contributed by atoms with Crippen LogP contribution >= 0.6 is 0 Å². The standard InChI is InChI=1S/C14H18N2O2/c1-4-17-14-12(6-5-9-15-14)16-11(3)13-8-7-10(2)18-13/h5-9,11,16H,4H2,1-3H3. The van der Waals surface area contributed by atoms with E-state index >= 15 is 0 Å². The summed E-state index contributed by atoms with van der Waals surface area (Å²) in [5.74, 6) is 2.43. The van der Waals surface area contributed by atoms with Gasteiger partial charge in [-0.3, -0.25) is 0 Å². The topological polar surface area (TPSA) is 47.3 Å². The van der Waals surface area contributed by atoms with E-state index in [-0.39, 0.29) is 6.04 Å². The van der Waals surface area contributed by atoms with Crippen LogP contribution in [0.5, 0.6) is 5.88 Å². The van der Waals surface area contributed by atoms with Crippen LogP contribution in [0, 0.1) is 6.92 Å². The fourth-order valence-electron chi connectivity index (χ4n) is 1.74. The predicted octanol–water partition coefficient (Wildman–Crippen LogP) is 3.55. The molecule has 1 atom stereocenters. The van der Waals surface area contributed by atoms with Gasteiger partial charge in [0.1, 0.15) is 11.5 Å². The number of anilines is 1. The molecule has 2 heterocycles. The molecule has 18 heavy (non-hydrogen) atoms. The lowest BCUT2D eigenvalue weighted by molar-refractivity contribution is 0.328. The molecule has 2 rings (SSSR count). The molecule has 0 bridgehead atoms. The molecule has 2 aromatic heterocycles. The number of pyridine rings is 1. The van der Waals surface area contributed by atoms with Gasteiger partial charge in [-0.1, -0.05) is 0 Å². The van der Waals surface area contributed by atoms with Gasteiger partial charge in [0.25, 0.3) is 0 Å². The largest absolute Gasteiger partial charge is 0.476 e. The van der Waals surface area contributed by atoms with Gasteiger partial charge in [-0.15, -0.1) is 0 Å². The molecular weight excluding hydrogens is 228 g/mol. The first kappa shape index (κ1) is 12.5. The van der Waals surface area contributed by atoms with Crippen LogP contribution in [-0.4, -0.2) is 11.6 Å². The molecule has 0 aliphatic rings. The maximum absolute atomic E-state index is 5.59. The molecule has 4 heteroatoms. The number of nitrogens with one attached hydrogen (secondary N) is 1. The van der Waals surface area contributed by atoms with E-state index in [4.69, 9.17) is 9.15 Å². The van der Waals surface area contributed by atoms with Crippen LogP contribution in [-0.2, 0) is 0 Å². The summed E-state index contributed by atoms with van der Waals surface area (Å²) in [5, 5.41) is 3.34. The summed E-state index contributed by atoms with van der Waals surface area (Å²) in [5.41, 5.74) is 0.876. The van der Waals surface area contributed by atoms with Gasteiger partial charge in [-0.05, 0) is 45.0 Å². The molecule has 0 amide bonds. The average Bonchev–Trinajstić information content (AvgIpc) is 2.79. The second-order valence-corrected chi connectivity index (χ2v) is 4.10.